The fraction of sp³-hybridized carbons (Fsp3) is 0.280. The van der Waals surface area contributed by atoms with Crippen molar-refractivity contribution >= 4 is 33.5 Å². The molecule has 164 valence electrons. The Morgan fingerprint density at radius 2 is 2.03 bits per heavy atom. The maximum atomic E-state index is 12.4. The lowest BCUT2D eigenvalue weighted by Gasteiger charge is -2.31. The minimum absolute atomic E-state index is 0.0709. The molecule has 0 aliphatic rings. The van der Waals surface area contributed by atoms with Gasteiger partial charge in [0.05, 0.1) is 17.3 Å². The highest BCUT2D eigenvalue weighted by Crippen LogP contribution is 2.26. The molecule has 4 aromatic rings. The lowest BCUT2D eigenvalue weighted by atomic mass is 10.1. The van der Waals surface area contributed by atoms with Crippen molar-refractivity contribution in [2.75, 3.05) is 18.6 Å². The quantitative estimate of drug-likeness (QED) is 0.317. The molecule has 4 rings (SSSR count). The molecule has 2 heterocycles. The molecule has 0 saturated carbocycles. The van der Waals surface area contributed by atoms with E-state index in [0.717, 1.165) is 47.8 Å². The summed E-state index contributed by atoms with van der Waals surface area (Å²) in [5, 5.41) is 24.0. The van der Waals surface area contributed by atoms with Gasteiger partial charge in [0.15, 0.2) is 0 Å². The molecule has 0 aliphatic heterocycles. The van der Waals surface area contributed by atoms with Crippen LogP contribution in [0.15, 0.2) is 53.1 Å². The van der Waals surface area contributed by atoms with E-state index in [1.807, 2.05) is 54.7 Å². The van der Waals surface area contributed by atoms with Gasteiger partial charge in [-0.15, -0.1) is 0 Å². The Hall–Kier alpha value is -3.60. The predicted octanol–water partition coefficient (Wildman–Crippen LogP) is 4.50. The van der Waals surface area contributed by atoms with Gasteiger partial charge >= 0.3 is 0 Å². The van der Waals surface area contributed by atoms with Gasteiger partial charge in [0.1, 0.15) is 18.0 Å². The normalized spacial score (nSPS) is 11.3. The molecular formula is C25H26N4O3. The van der Waals surface area contributed by atoms with Crippen LogP contribution in [0.3, 0.4) is 0 Å². The van der Waals surface area contributed by atoms with Crippen molar-refractivity contribution in [3.05, 3.63) is 65.5 Å². The molecule has 32 heavy (non-hydrogen) atoms. The van der Waals surface area contributed by atoms with Crippen molar-refractivity contribution in [2.45, 2.75) is 32.8 Å². The van der Waals surface area contributed by atoms with Crippen LogP contribution < -0.4 is 5.01 Å². The molecule has 7 nitrogen and oxygen atoms in total. The lowest BCUT2D eigenvalue weighted by molar-refractivity contribution is -0.119. The third-order valence-corrected chi connectivity index (χ3v) is 5.67. The van der Waals surface area contributed by atoms with E-state index in [1.54, 1.807) is 18.0 Å². The van der Waals surface area contributed by atoms with Crippen molar-refractivity contribution in [1.29, 1.82) is 5.26 Å². The smallest absolute Gasteiger partial charge is 0.238 e. The number of furan rings is 1. The van der Waals surface area contributed by atoms with Gasteiger partial charge in [0.25, 0.3) is 0 Å². The molecule has 0 saturated heterocycles. The van der Waals surface area contributed by atoms with E-state index in [9.17, 15) is 9.90 Å². The number of fused-ring (bicyclic) bond motifs is 2. The molecular weight excluding hydrogens is 404 g/mol. The van der Waals surface area contributed by atoms with Crippen LogP contribution in [0, 0.1) is 11.3 Å². The number of nitrogens with one attached hydrogen (secondary N) is 1. The molecule has 2 aromatic carbocycles. The summed E-state index contributed by atoms with van der Waals surface area (Å²) in [4.78, 5) is 15.7. The Labute approximate surface area is 186 Å². The van der Waals surface area contributed by atoms with Gasteiger partial charge < -0.3 is 14.5 Å². The molecule has 2 N–H and O–H groups in total. The minimum atomic E-state index is -0.158. The maximum absolute atomic E-state index is 12.4. The first kappa shape index (κ1) is 21.6. The van der Waals surface area contributed by atoms with Gasteiger partial charge in [-0.3, -0.25) is 4.79 Å². The zero-order valence-corrected chi connectivity index (χ0v) is 18.3. The number of carbonyl (C=O) groups is 1. The summed E-state index contributed by atoms with van der Waals surface area (Å²) < 4.78 is 5.55. The molecule has 0 radical (unpaired) electrons. The van der Waals surface area contributed by atoms with Crippen molar-refractivity contribution < 1.29 is 14.3 Å². The second-order valence-electron chi connectivity index (χ2n) is 7.95. The minimum Gasteiger partial charge on any atom is -0.459 e. The molecule has 2 aromatic heterocycles. The number of unbranched alkanes of at least 4 members (excludes halogenated alkanes) is 1. The number of aryl methyl sites for hydroxylation is 1. The fourth-order valence-corrected chi connectivity index (χ4v) is 4.13. The Kier molecular flexibility index (Phi) is 6.26. The van der Waals surface area contributed by atoms with Crippen LogP contribution in [0.1, 0.15) is 36.7 Å². The number of hydrogen-bond donors (Lipinski definition) is 2. The number of aromatic amines is 1. The third-order valence-electron chi connectivity index (χ3n) is 5.67. The summed E-state index contributed by atoms with van der Waals surface area (Å²) in [5.74, 6) is 0.428. The van der Waals surface area contributed by atoms with Gasteiger partial charge in [0.2, 0.25) is 5.91 Å². The number of H-pyrrole nitrogens is 1. The van der Waals surface area contributed by atoms with Crippen molar-refractivity contribution in [1.82, 2.24) is 9.99 Å². The van der Waals surface area contributed by atoms with Crippen LogP contribution in [-0.4, -0.2) is 34.6 Å². The summed E-state index contributed by atoms with van der Waals surface area (Å²) in [7, 11) is 1.91. The predicted molar refractivity (Wildman–Crippen MR) is 124 cm³/mol. The largest absolute Gasteiger partial charge is 0.459 e. The van der Waals surface area contributed by atoms with Crippen LogP contribution >= 0.6 is 0 Å². The number of rotatable bonds is 8. The second kappa shape index (κ2) is 9.27. The highest BCUT2D eigenvalue weighted by atomic mass is 16.4. The number of aliphatic hydroxyl groups is 1. The number of anilines is 1. The van der Waals surface area contributed by atoms with Crippen molar-refractivity contribution in [3.8, 4) is 6.07 Å². The number of aliphatic hydroxyl groups excluding tert-OH is 1. The topological polar surface area (TPSA) is 96.5 Å². The van der Waals surface area contributed by atoms with E-state index >= 15 is 0 Å². The standard InChI is InChI=1S/C25H26N4O3/c1-17(31)29(21-7-9-25-20(12-21)13-22(16-30)32-25)28(2)10-4-3-5-19-15-27-24-8-6-18(14-26)11-23(19)24/h6-9,11-13,15,27,30H,3-5,10,16H2,1-2H3. The van der Waals surface area contributed by atoms with E-state index in [0.29, 0.717) is 16.9 Å². The zero-order valence-electron chi connectivity index (χ0n) is 18.3. The third kappa shape index (κ3) is 4.37. The van der Waals surface area contributed by atoms with Crippen molar-refractivity contribution in [2.24, 2.45) is 0 Å². The van der Waals surface area contributed by atoms with Crippen LogP contribution in [0.25, 0.3) is 21.9 Å². The van der Waals surface area contributed by atoms with Crippen LogP contribution in [0.4, 0.5) is 5.69 Å². The average molecular weight is 431 g/mol. The molecule has 0 spiro atoms. The van der Waals surface area contributed by atoms with Crippen LogP contribution in [-0.2, 0) is 17.8 Å². The fourth-order valence-electron chi connectivity index (χ4n) is 4.13. The molecule has 7 heteroatoms. The molecule has 0 fully saturated rings. The van der Waals surface area contributed by atoms with Gasteiger partial charge in [-0.05, 0) is 67.3 Å². The van der Waals surface area contributed by atoms with Crippen molar-refractivity contribution in [3.63, 3.8) is 0 Å². The molecule has 0 aliphatic carbocycles. The maximum Gasteiger partial charge on any atom is 0.238 e. The Morgan fingerprint density at radius 1 is 1.19 bits per heavy atom. The molecule has 0 atom stereocenters. The van der Waals surface area contributed by atoms with Crippen LogP contribution in [0.5, 0.6) is 0 Å². The van der Waals surface area contributed by atoms with E-state index in [4.69, 9.17) is 9.68 Å². The van der Waals surface area contributed by atoms with E-state index in [1.165, 1.54) is 5.56 Å². The van der Waals surface area contributed by atoms with E-state index < -0.39 is 0 Å². The Balaban J connectivity index is 1.40. The molecule has 0 bridgehead atoms. The number of carbonyl (C=O) groups excluding carboxylic acids is 1. The monoisotopic (exact) mass is 430 g/mol. The molecule has 1 amide bonds. The summed E-state index contributed by atoms with van der Waals surface area (Å²) in [6, 6.07) is 15.2. The Bertz CT molecular complexity index is 1300. The average Bonchev–Trinajstić information content (AvgIpc) is 3.39. The second-order valence-corrected chi connectivity index (χ2v) is 7.95. The first-order valence-electron chi connectivity index (χ1n) is 10.7. The Morgan fingerprint density at radius 3 is 2.78 bits per heavy atom. The highest BCUT2D eigenvalue weighted by Gasteiger charge is 2.18. The summed E-state index contributed by atoms with van der Waals surface area (Å²) in [6.45, 7) is 2.11. The highest BCUT2D eigenvalue weighted by molar-refractivity contribution is 5.93. The number of hydrazine groups is 1. The summed E-state index contributed by atoms with van der Waals surface area (Å²) in [5.41, 5.74) is 4.35. The molecule has 0 unspecified atom stereocenters. The van der Waals surface area contributed by atoms with Crippen LogP contribution in [0.2, 0.25) is 0 Å². The van der Waals surface area contributed by atoms with Gasteiger partial charge in [0, 0.05) is 43.0 Å². The number of nitriles is 1. The number of amides is 1. The SMILES string of the molecule is CC(=O)N(c1ccc2oc(CO)cc2c1)N(C)CCCCc1c[nH]c2ccc(C#N)cc12. The number of benzene rings is 2. The van der Waals surface area contributed by atoms with Gasteiger partial charge in [-0.25, -0.2) is 10.0 Å². The zero-order chi connectivity index (χ0) is 22.7. The number of aromatic nitrogens is 1. The summed E-state index contributed by atoms with van der Waals surface area (Å²) >= 11 is 0. The summed E-state index contributed by atoms with van der Waals surface area (Å²) in [6.07, 6.45) is 4.78. The van der Waals surface area contributed by atoms with E-state index in [-0.39, 0.29) is 12.5 Å². The van der Waals surface area contributed by atoms with E-state index in [2.05, 4.69) is 11.1 Å². The first-order valence-corrected chi connectivity index (χ1v) is 10.7. The number of hydrogen-bond acceptors (Lipinski definition) is 5. The van der Waals surface area contributed by atoms with Gasteiger partial charge in [-0.2, -0.15) is 5.26 Å². The van der Waals surface area contributed by atoms with Gasteiger partial charge in [-0.1, -0.05) is 0 Å². The first-order chi connectivity index (χ1) is 15.5. The number of nitrogens with zero attached hydrogens (tertiary/aromatic N) is 3. The lowest BCUT2D eigenvalue weighted by Crippen LogP contribution is -2.43.